The maximum Gasteiger partial charge on any atom is 0.325 e. The van der Waals surface area contributed by atoms with E-state index in [0.717, 1.165) is 11.1 Å². The average molecular weight is 521 g/mol. The van der Waals surface area contributed by atoms with E-state index in [-0.39, 0.29) is 11.3 Å². The van der Waals surface area contributed by atoms with E-state index < -0.39 is 27.4 Å². The van der Waals surface area contributed by atoms with Crippen LogP contribution in [0, 0.1) is 0 Å². The molecule has 4 aromatic rings. The second-order valence-electron chi connectivity index (χ2n) is 8.53. The lowest BCUT2D eigenvalue weighted by Gasteiger charge is -2.16. The number of carboxylic acids is 1. The Bertz CT molecular complexity index is 1510. The van der Waals surface area contributed by atoms with Gasteiger partial charge in [0.15, 0.2) is 0 Å². The number of halogens is 1. The predicted molar refractivity (Wildman–Crippen MR) is 136 cm³/mol. The number of hydrogen-bond donors (Lipinski definition) is 2. The molecule has 0 bridgehead atoms. The number of rotatable bonds is 8. The Hall–Kier alpha value is -3.72. The van der Waals surface area contributed by atoms with E-state index in [1.54, 1.807) is 73.1 Å². The molecule has 2 atom stereocenters. The highest BCUT2D eigenvalue weighted by Gasteiger charge is 2.63. The first-order chi connectivity index (χ1) is 17.3. The second-order valence-corrected chi connectivity index (χ2v) is 10.7. The summed E-state index contributed by atoms with van der Waals surface area (Å²) >= 11 is 5.93. The Kier molecular flexibility index (Phi) is 6.26. The quantitative estimate of drug-likeness (QED) is 0.318. The van der Waals surface area contributed by atoms with E-state index >= 15 is 0 Å². The summed E-state index contributed by atoms with van der Waals surface area (Å²) in [5.41, 5.74) is 0.725. The van der Waals surface area contributed by atoms with Crippen molar-refractivity contribution in [2.45, 2.75) is 22.8 Å². The van der Waals surface area contributed by atoms with Crippen LogP contribution < -0.4 is 9.46 Å². The Morgan fingerprint density at radius 2 is 1.64 bits per heavy atom. The highest BCUT2D eigenvalue weighted by Crippen LogP contribution is 2.53. The molecule has 2 N–H and O–H groups in total. The fourth-order valence-corrected chi connectivity index (χ4v) is 5.69. The molecule has 1 unspecified atom stereocenters. The number of carbonyl (C=O) groups is 1. The second kappa shape index (κ2) is 9.39. The Labute approximate surface area is 213 Å². The molecule has 0 amide bonds. The van der Waals surface area contributed by atoms with Crippen LogP contribution in [0.15, 0.2) is 102 Å². The SMILES string of the molecule is O=C(O)C1(NS(=O)(=O)c2ccc(-c3ccc(Cl)cc3)cc2)C[C@H]1c1cccc(Oc2cccnc2)c1. The van der Waals surface area contributed by atoms with Crippen molar-refractivity contribution >= 4 is 27.6 Å². The molecule has 1 aromatic heterocycles. The van der Waals surface area contributed by atoms with Crippen LogP contribution in [0.4, 0.5) is 0 Å². The van der Waals surface area contributed by atoms with Crippen LogP contribution in [0.5, 0.6) is 11.5 Å². The van der Waals surface area contributed by atoms with Crippen molar-refractivity contribution in [1.29, 1.82) is 0 Å². The molecule has 7 nitrogen and oxygen atoms in total. The Morgan fingerprint density at radius 1 is 0.972 bits per heavy atom. The maximum atomic E-state index is 13.1. The molecule has 0 spiro atoms. The van der Waals surface area contributed by atoms with Crippen molar-refractivity contribution in [1.82, 2.24) is 9.71 Å². The fourth-order valence-electron chi connectivity index (χ4n) is 4.16. The fraction of sp³-hybridized carbons (Fsp3) is 0.111. The van der Waals surface area contributed by atoms with Crippen molar-refractivity contribution in [3.8, 4) is 22.6 Å². The third kappa shape index (κ3) is 4.83. The summed E-state index contributed by atoms with van der Waals surface area (Å²) in [5, 5.41) is 10.6. The van der Waals surface area contributed by atoms with E-state index in [0.29, 0.717) is 22.1 Å². The summed E-state index contributed by atoms with van der Waals surface area (Å²) < 4.78 is 34.5. The molecule has 0 aliphatic heterocycles. The highest BCUT2D eigenvalue weighted by atomic mass is 35.5. The van der Waals surface area contributed by atoms with Gasteiger partial charge in [-0.1, -0.05) is 48.0 Å². The lowest BCUT2D eigenvalue weighted by atomic mass is 10.1. The molecule has 5 rings (SSSR count). The van der Waals surface area contributed by atoms with Gasteiger partial charge in [0.25, 0.3) is 0 Å². The molecule has 1 aliphatic carbocycles. The lowest BCUT2D eigenvalue weighted by Crippen LogP contribution is -2.44. The molecular formula is C27H21ClN2O5S. The summed E-state index contributed by atoms with van der Waals surface area (Å²) in [6.45, 7) is 0. The minimum atomic E-state index is -4.10. The molecule has 36 heavy (non-hydrogen) atoms. The Balaban J connectivity index is 1.36. The van der Waals surface area contributed by atoms with Gasteiger partial charge >= 0.3 is 5.97 Å². The molecule has 1 aliphatic rings. The maximum absolute atomic E-state index is 13.1. The van der Waals surface area contributed by atoms with Gasteiger partial charge in [0.1, 0.15) is 17.0 Å². The van der Waals surface area contributed by atoms with E-state index in [9.17, 15) is 18.3 Å². The zero-order chi connectivity index (χ0) is 25.3. The van der Waals surface area contributed by atoms with Gasteiger partial charge in [-0.25, -0.2) is 8.42 Å². The average Bonchev–Trinajstić information content (AvgIpc) is 3.60. The van der Waals surface area contributed by atoms with Gasteiger partial charge < -0.3 is 9.84 Å². The highest BCUT2D eigenvalue weighted by molar-refractivity contribution is 7.89. The normalized spacial score (nSPS) is 19.0. The molecular weight excluding hydrogens is 500 g/mol. The van der Waals surface area contributed by atoms with Crippen LogP contribution in [0.2, 0.25) is 5.02 Å². The summed E-state index contributed by atoms with van der Waals surface area (Å²) in [7, 11) is -4.10. The van der Waals surface area contributed by atoms with E-state index in [4.69, 9.17) is 16.3 Å². The molecule has 182 valence electrons. The van der Waals surface area contributed by atoms with Crippen LogP contribution in [-0.2, 0) is 14.8 Å². The standard InChI is InChI=1S/C27H21ClN2O5S/c28-21-10-6-18(7-11-21)19-8-12-24(13-9-19)36(33,34)30-27(26(31)32)16-25(27)20-3-1-4-22(15-20)35-23-5-2-14-29-17-23/h1-15,17,25,30H,16H2,(H,31,32)/t25-,27?/m0/s1. The third-order valence-electron chi connectivity index (χ3n) is 6.13. The van der Waals surface area contributed by atoms with Gasteiger partial charge in [-0.2, -0.15) is 4.72 Å². The topological polar surface area (TPSA) is 106 Å². The van der Waals surface area contributed by atoms with Crippen molar-refractivity contribution in [2.75, 3.05) is 0 Å². The van der Waals surface area contributed by atoms with Crippen LogP contribution >= 0.6 is 11.6 Å². The van der Waals surface area contributed by atoms with Crippen LogP contribution in [-0.4, -0.2) is 30.0 Å². The van der Waals surface area contributed by atoms with Crippen LogP contribution in [0.3, 0.4) is 0 Å². The van der Waals surface area contributed by atoms with Gasteiger partial charge in [-0.15, -0.1) is 0 Å². The molecule has 0 radical (unpaired) electrons. The molecule has 1 saturated carbocycles. The first-order valence-corrected chi connectivity index (χ1v) is 12.9. The third-order valence-corrected chi connectivity index (χ3v) is 7.91. The van der Waals surface area contributed by atoms with Crippen molar-refractivity contribution in [3.63, 3.8) is 0 Å². The Morgan fingerprint density at radius 3 is 2.28 bits per heavy atom. The number of sulfonamides is 1. The van der Waals surface area contributed by atoms with Crippen molar-refractivity contribution < 1.29 is 23.1 Å². The summed E-state index contributed by atoms with van der Waals surface area (Å²) in [6, 6.07) is 23.9. The summed E-state index contributed by atoms with van der Waals surface area (Å²) in [5.74, 6) is -0.729. The molecule has 3 aromatic carbocycles. The van der Waals surface area contributed by atoms with Gasteiger partial charge in [-0.05, 0) is 71.6 Å². The zero-order valence-corrected chi connectivity index (χ0v) is 20.4. The largest absolute Gasteiger partial charge is 0.480 e. The number of hydrogen-bond acceptors (Lipinski definition) is 5. The minimum Gasteiger partial charge on any atom is -0.480 e. The van der Waals surface area contributed by atoms with Gasteiger partial charge in [0.05, 0.1) is 11.1 Å². The first kappa shape index (κ1) is 24.0. The molecule has 1 heterocycles. The molecule has 1 fully saturated rings. The van der Waals surface area contributed by atoms with E-state index in [1.807, 2.05) is 12.1 Å². The number of ether oxygens (including phenoxy) is 1. The lowest BCUT2D eigenvalue weighted by molar-refractivity contribution is -0.140. The summed E-state index contributed by atoms with van der Waals surface area (Å²) in [6.07, 6.45) is 3.32. The van der Waals surface area contributed by atoms with Crippen LogP contribution in [0.25, 0.3) is 11.1 Å². The predicted octanol–water partition coefficient (Wildman–Crippen LogP) is 5.48. The number of benzene rings is 3. The minimum absolute atomic E-state index is 0.0137. The number of carboxylic acid groups (broad SMARTS) is 1. The number of nitrogens with one attached hydrogen (secondary N) is 1. The monoisotopic (exact) mass is 520 g/mol. The smallest absolute Gasteiger partial charge is 0.325 e. The zero-order valence-electron chi connectivity index (χ0n) is 18.8. The van der Waals surface area contributed by atoms with Crippen molar-refractivity contribution in [2.24, 2.45) is 0 Å². The summed E-state index contributed by atoms with van der Waals surface area (Å²) in [4.78, 5) is 16.2. The first-order valence-electron chi connectivity index (χ1n) is 11.1. The van der Waals surface area contributed by atoms with Gasteiger partial charge in [-0.3, -0.25) is 9.78 Å². The van der Waals surface area contributed by atoms with Gasteiger partial charge in [0, 0.05) is 17.1 Å². The van der Waals surface area contributed by atoms with Crippen LogP contribution in [0.1, 0.15) is 17.9 Å². The number of pyridine rings is 1. The van der Waals surface area contributed by atoms with Gasteiger partial charge in [0.2, 0.25) is 10.0 Å². The molecule has 0 saturated heterocycles. The van der Waals surface area contributed by atoms with E-state index in [1.165, 1.54) is 12.1 Å². The number of nitrogens with zero attached hydrogens (tertiary/aromatic N) is 1. The van der Waals surface area contributed by atoms with E-state index in [2.05, 4.69) is 9.71 Å². The number of aliphatic carboxylic acids is 1. The molecule has 9 heteroatoms. The van der Waals surface area contributed by atoms with Crippen molar-refractivity contribution in [3.05, 3.63) is 108 Å². The number of aromatic nitrogens is 1.